The first-order chi connectivity index (χ1) is 7.59. The molecule has 16 heavy (non-hydrogen) atoms. The van der Waals surface area contributed by atoms with Crippen molar-refractivity contribution in [3.05, 3.63) is 41.8 Å². The maximum atomic E-state index is 13.2. The van der Waals surface area contributed by atoms with Crippen LogP contribution in [-0.2, 0) is 7.05 Å². The molecule has 0 saturated heterocycles. The minimum absolute atomic E-state index is 0.335. The van der Waals surface area contributed by atoms with E-state index in [4.69, 9.17) is 5.11 Å². The minimum atomic E-state index is -1.28. The Kier molecular flexibility index (Phi) is 2.44. The zero-order chi connectivity index (χ0) is 11.7. The maximum Gasteiger partial charge on any atom is 0.338 e. The number of hydrogen-bond donors (Lipinski definition) is 1. The third-order valence-electron chi connectivity index (χ3n) is 2.31. The highest BCUT2D eigenvalue weighted by atomic mass is 19.1. The predicted molar refractivity (Wildman–Crippen MR) is 55.6 cm³/mol. The van der Waals surface area contributed by atoms with Gasteiger partial charge < -0.3 is 5.11 Å². The van der Waals surface area contributed by atoms with E-state index in [1.54, 1.807) is 24.0 Å². The number of carboxylic acid groups (broad SMARTS) is 1. The fourth-order valence-corrected chi connectivity index (χ4v) is 1.51. The molecule has 1 N–H and O–H groups in total. The zero-order valence-corrected chi connectivity index (χ0v) is 8.51. The van der Waals surface area contributed by atoms with Crippen molar-refractivity contribution in [2.75, 3.05) is 0 Å². The van der Waals surface area contributed by atoms with E-state index in [1.807, 2.05) is 0 Å². The van der Waals surface area contributed by atoms with Crippen molar-refractivity contribution in [2.45, 2.75) is 0 Å². The van der Waals surface area contributed by atoms with Crippen LogP contribution in [0.15, 0.2) is 30.5 Å². The van der Waals surface area contributed by atoms with Crippen LogP contribution in [0.25, 0.3) is 11.3 Å². The van der Waals surface area contributed by atoms with E-state index in [-0.39, 0.29) is 5.56 Å². The number of rotatable bonds is 2. The Labute approximate surface area is 90.9 Å². The number of aromatic nitrogens is 2. The second-order valence-electron chi connectivity index (χ2n) is 3.34. The predicted octanol–water partition coefficient (Wildman–Crippen LogP) is 1.92. The van der Waals surface area contributed by atoms with Crippen LogP contribution in [0.5, 0.6) is 0 Å². The van der Waals surface area contributed by atoms with Crippen molar-refractivity contribution in [1.82, 2.24) is 9.78 Å². The lowest BCUT2D eigenvalue weighted by Crippen LogP contribution is -2.01. The molecule has 0 aliphatic heterocycles. The Morgan fingerprint density at radius 3 is 2.75 bits per heavy atom. The van der Waals surface area contributed by atoms with Crippen LogP contribution in [0.2, 0.25) is 0 Å². The van der Waals surface area contributed by atoms with Gasteiger partial charge in [0.1, 0.15) is 5.82 Å². The molecule has 0 radical (unpaired) electrons. The van der Waals surface area contributed by atoms with E-state index < -0.39 is 11.8 Å². The van der Waals surface area contributed by atoms with E-state index in [0.717, 1.165) is 11.8 Å². The van der Waals surface area contributed by atoms with E-state index in [0.29, 0.717) is 5.56 Å². The molecule has 1 aromatic heterocycles. The molecule has 0 unspecified atom stereocenters. The summed E-state index contributed by atoms with van der Waals surface area (Å²) in [5, 5.41) is 12.8. The number of nitrogens with zero attached hydrogens (tertiary/aromatic N) is 2. The van der Waals surface area contributed by atoms with Crippen LogP contribution in [0.1, 0.15) is 10.4 Å². The molecule has 0 atom stereocenters. The topological polar surface area (TPSA) is 55.1 Å². The molecule has 0 aliphatic carbocycles. The van der Waals surface area contributed by atoms with Gasteiger partial charge in [-0.1, -0.05) is 0 Å². The first kappa shape index (κ1) is 10.4. The van der Waals surface area contributed by atoms with Gasteiger partial charge in [0.15, 0.2) is 0 Å². The summed E-state index contributed by atoms with van der Waals surface area (Å²) in [5.74, 6) is -2.01. The Balaban J connectivity index is 2.56. The van der Waals surface area contributed by atoms with Gasteiger partial charge in [0.2, 0.25) is 0 Å². The number of aromatic carboxylic acids is 1. The number of benzene rings is 1. The molecular weight excluding hydrogens is 211 g/mol. The second-order valence-corrected chi connectivity index (χ2v) is 3.34. The highest BCUT2D eigenvalue weighted by Crippen LogP contribution is 2.21. The van der Waals surface area contributed by atoms with Crippen LogP contribution in [0, 0.1) is 5.82 Å². The van der Waals surface area contributed by atoms with Gasteiger partial charge >= 0.3 is 5.97 Å². The first-order valence-corrected chi connectivity index (χ1v) is 4.61. The molecular formula is C11H9FN2O2. The number of carboxylic acids is 1. The third-order valence-corrected chi connectivity index (χ3v) is 2.31. The fraction of sp³-hybridized carbons (Fsp3) is 0.0909. The lowest BCUT2D eigenvalue weighted by molar-refractivity contribution is 0.0692. The Morgan fingerprint density at radius 2 is 2.19 bits per heavy atom. The van der Waals surface area contributed by atoms with E-state index >= 15 is 0 Å². The van der Waals surface area contributed by atoms with E-state index in [9.17, 15) is 9.18 Å². The van der Waals surface area contributed by atoms with Crippen LogP contribution in [0.4, 0.5) is 4.39 Å². The van der Waals surface area contributed by atoms with Crippen LogP contribution >= 0.6 is 0 Å². The van der Waals surface area contributed by atoms with Gasteiger partial charge in [-0.05, 0) is 24.3 Å². The van der Waals surface area contributed by atoms with Crippen LogP contribution in [-0.4, -0.2) is 20.9 Å². The number of halogens is 1. The molecule has 1 heterocycles. The van der Waals surface area contributed by atoms with Gasteiger partial charge in [0.05, 0.1) is 11.3 Å². The van der Waals surface area contributed by atoms with Gasteiger partial charge in [-0.2, -0.15) is 5.10 Å². The largest absolute Gasteiger partial charge is 0.478 e. The summed E-state index contributed by atoms with van der Waals surface area (Å²) in [7, 11) is 1.74. The normalized spacial score (nSPS) is 10.4. The highest BCUT2D eigenvalue weighted by Gasteiger charge is 2.12. The molecule has 0 fully saturated rings. The summed E-state index contributed by atoms with van der Waals surface area (Å²) >= 11 is 0. The fourth-order valence-electron chi connectivity index (χ4n) is 1.51. The van der Waals surface area contributed by atoms with Gasteiger partial charge in [0.25, 0.3) is 0 Å². The molecule has 4 nitrogen and oxygen atoms in total. The van der Waals surface area contributed by atoms with Gasteiger partial charge in [0, 0.05) is 18.8 Å². The second kappa shape index (κ2) is 3.77. The molecule has 0 bridgehead atoms. The molecule has 0 spiro atoms. The Bertz CT molecular complexity index is 549. The lowest BCUT2D eigenvalue weighted by atomic mass is 10.1. The van der Waals surface area contributed by atoms with Crippen molar-refractivity contribution in [3.63, 3.8) is 0 Å². The monoisotopic (exact) mass is 220 g/mol. The average Bonchev–Trinajstić information content (AvgIpc) is 2.65. The smallest absolute Gasteiger partial charge is 0.338 e. The van der Waals surface area contributed by atoms with Crippen molar-refractivity contribution in [2.24, 2.45) is 7.05 Å². The number of aryl methyl sites for hydroxylation is 1. The Hall–Kier alpha value is -2.17. The summed E-state index contributed by atoms with van der Waals surface area (Å²) in [6.45, 7) is 0. The molecule has 2 rings (SSSR count). The molecule has 0 aliphatic rings. The van der Waals surface area contributed by atoms with Gasteiger partial charge in [-0.15, -0.1) is 0 Å². The molecule has 82 valence electrons. The minimum Gasteiger partial charge on any atom is -0.478 e. The first-order valence-electron chi connectivity index (χ1n) is 4.61. The number of hydrogen-bond acceptors (Lipinski definition) is 2. The molecule has 0 saturated carbocycles. The summed E-state index contributed by atoms with van der Waals surface area (Å²) in [4.78, 5) is 10.8. The van der Waals surface area contributed by atoms with Gasteiger partial charge in [-0.3, -0.25) is 4.68 Å². The maximum absolute atomic E-state index is 13.2. The highest BCUT2D eigenvalue weighted by molar-refractivity contribution is 5.89. The van der Waals surface area contributed by atoms with E-state index in [2.05, 4.69) is 5.10 Å². The molecule has 5 heteroatoms. The standard InChI is InChI=1S/C11H9FN2O2/c1-14-10(4-5-13-14)7-2-3-9(12)8(6-7)11(15)16/h2-6H,1H3,(H,15,16). The molecule has 1 aromatic carbocycles. The van der Waals surface area contributed by atoms with Crippen molar-refractivity contribution in [1.29, 1.82) is 0 Å². The Morgan fingerprint density at radius 1 is 1.44 bits per heavy atom. The lowest BCUT2D eigenvalue weighted by Gasteiger charge is -2.04. The summed E-state index contributed by atoms with van der Waals surface area (Å²) in [5.41, 5.74) is 1.03. The van der Waals surface area contributed by atoms with Gasteiger partial charge in [-0.25, -0.2) is 9.18 Å². The van der Waals surface area contributed by atoms with E-state index in [1.165, 1.54) is 12.1 Å². The molecule has 2 aromatic rings. The summed E-state index contributed by atoms with van der Waals surface area (Å²) in [6.07, 6.45) is 1.60. The van der Waals surface area contributed by atoms with Crippen molar-refractivity contribution in [3.8, 4) is 11.3 Å². The zero-order valence-electron chi connectivity index (χ0n) is 8.51. The average molecular weight is 220 g/mol. The van der Waals surface area contributed by atoms with Crippen LogP contribution in [0.3, 0.4) is 0 Å². The molecule has 0 amide bonds. The summed E-state index contributed by atoms with van der Waals surface area (Å²) < 4.78 is 14.8. The SMILES string of the molecule is Cn1nccc1-c1ccc(F)c(C(=O)O)c1. The van der Waals surface area contributed by atoms with Crippen LogP contribution < -0.4 is 0 Å². The van der Waals surface area contributed by atoms with Crippen molar-refractivity contribution >= 4 is 5.97 Å². The quantitative estimate of drug-likeness (QED) is 0.841. The third kappa shape index (κ3) is 1.67. The summed E-state index contributed by atoms with van der Waals surface area (Å²) in [6, 6.07) is 5.71. The number of carbonyl (C=O) groups is 1. The van der Waals surface area contributed by atoms with Crippen molar-refractivity contribution < 1.29 is 14.3 Å².